The van der Waals surface area contributed by atoms with Crippen LogP contribution in [0.5, 0.6) is 0 Å². The Bertz CT molecular complexity index is 884. The van der Waals surface area contributed by atoms with Crippen molar-refractivity contribution in [2.75, 3.05) is 5.75 Å². The second-order valence-corrected chi connectivity index (χ2v) is 8.66. The van der Waals surface area contributed by atoms with Gasteiger partial charge in [-0.1, -0.05) is 12.8 Å². The number of imide groups is 1. The second-order valence-electron chi connectivity index (χ2n) is 6.47. The van der Waals surface area contributed by atoms with Crippen molar-refractivity contribution in [3.05, 3.63) is 26.6 Å². The molecule has 1 saturated carbocycles. The summed E-state index contributed by atoms with van der Waals surface area (Å²) in [7, 11) is 0. The van der Waals surface area contributed by atoms with E-state index in [1.165, 1.54) is 23.1 Å². The molecule has 3 N–H and O–H groups in total. The van der Waals surface area contributed by atoms with Crippen LogP contribution in [0.15, 0.2) is 4.79 Å². The van der Waals surface area contributed by atoms with E-state index < -0.39 is 6.03 Å². The Hall–Kier alpha value is -1.87. The normalized spacial score (nSPS) is 14.7. The number of fused-ring (bicyclic) bond motifs is 1. The van der Waals surface area contributed by atoms with E-state index in [4.69, 9.17) is 0 Å². The maximum Gasteiger partial charge on any atom is 0.321 e. The number of urea groups is 1. The van der Waals surface area contributed by atoms with Crippen molar-refractivity contribution >= 4 is 45.3 Å². The Morgan fingerprint density at radius 3 is 2.77 bits per heavy atom. The van der Waals surface area contributed by atoms with Crippen LogP contribution in [0, 0.1) is 13.8 Å². The standard InChI is InChI=1S/C17H22N4O3S2/c1-9-10(2)26-16-14(9)15(23)19-12(20-16)7-25-8-13(22)21-17(24)18-11-5-3-4-6-11/h11H,3-8H2,1-2H3,(H,19,20,23)(H2,18,21,22,24). The first-order valence-corrected chi connectivity index (χ1v) is 10.6. The largest absolute Gasteiger partial charge is 0.335 e. The number of aromatic nitrogens is 2. The molecule has 0 radical (unpaired) electrons. The molecule has 0 bridgehead atoms. The first-order valence-electron chi connectivity index (χ1n) is 8.61. The summed E-state index contributed by atoms with van der Waals surface area (Å²) in [6, 6.07) is -0.255. The molecular weight excluding hydrogens is 372 g/mol. The summed E-state index contributed by atoms with van der Waals surface area (Å²) in [4.78, 5) is 44.9. The Kier molecular flexibility index (Phi) is 5.98. The molecule has 1 aliphatic rings. The molecule has 0 unspecified atom stereocenters. The van der Waals surface area contributed by atoms with Gasteiger partial charge < -0.3 is 10.3 Å². The summed E-state index contributed by atoms with van der Waals surface area (Å²) in [5.41, 5.74) is 0.818. The minimum Gasteiger partial charge on any atom is -0.335 e. The van der Waals surface area contributed by atoms with E-state index in [1.54, 1.807) is 0 Å². The topological polar surface area (TPSA) is 104 Å². The van der Waals surface area contributed by atoms with Gasteiger partial charge >= 0.3 is 6.03 Å². The lowest BCUT2D eigenvalue weighted by Gasteiger charge is -2.12. The second kappa shape index (κ2) is 8.22. The first-order chi connectivity index (χ1) is 12.4. The molecule has 0 spiro atoms. The van der Waals surface area contributed by atoms with Gasteiger partial charge in [-0.05, 0) is 32.3 Å². The number of nitrogens with one attached hydrogen (secondary N) is 3. The van der Waals surface area contributed by atoms with E-state index in [0.29, 0.717) is 17.0 Å². The Labute approximate surface area is 159 Å². The fraction of sp³-hybridized carbons (Fsp3) is 0.529. The summed E-state index contributed by atoms with van der Waals surface area (Å²) >= 11 is 2.81. The van der Waals surface area contributed by atoms with Gasteiger partial charge in [0.05, 0.1) is 16.9 Å². The maximum atomic E-state index is 12.2. The molecule has 2 aromatic rings. The third-order valence-electron chi connectivity index (χ3n) is 4.50. The highest BCUT2D eigenvalue weighted by molar-refractivity contribution is 7.99. The van der Waals surface area contributed by atoms with Crippen LogP contribution in [0.3, 0.4) is 0 Å². The number of H-pyrrole nitrogens is 1. The van der Waals surface area contributed by atoms with Gasteiger partial charge in [-0.2, -0.15) is 0 Å². The molecule has 0 aromatic carbocycles. The average Bonchev–Trinajstić information content (AvgIpc) is 3.16. The molecule has 7 nitrogen and oxygen atoms in total. The number of nitrogens with zero attached hydrogens (tertiary/aromatic N) is 1. The van der Waals surface area contributed by atoms with Crippen LogP contribution in [-0.2, 0) is 10.5 Å². The summed E-state index contributed by atoms with van der Waals surface area (Å²) in [5.74, 6) is 0.718. The van der Waals surface area contributed by atoms with Crippen molar-refractivity contribution in [1.82, 2.24) is 20.6 Å². The predicted octanol–water partition coefficient (Wildman–Crippen LogP) is 2.60. The minimum atomic E-state index is -0.431. The molecule has 2 aromatic heterocycles. The number of aromatic amines is 1. The van der Waals surface area contributed by atoms with Crippen molar-refractivity contribution in [2.45, 2.75) is 51.3 Å². The third kappa shape index (κ3) is 4.45. The number of carbonyl (C=O) groups excluding carboxylic acids is 2. The van der Waals surface area contributed by atoms with Gasteiger partial charge in [-0.25, -0.2) is 9.78 Å². The van der Waals surface area contributed by atoms with Crippen LogP contribution >= 0.6 is 23.1 Å². The molecule has 2 heterocycles. The molecule has 26 heavy (non-hydrogen) atoms. The lowest BCUT2D eigenvalue weighted by atomic mass is 10.2. The van der Waals surface area contributed by atoms with Crippen molar-refractivity contribution in [1.29, 1.82) is 0 Å². The zero-order valence-electron chi connectivity index (χ0n) is 14.8. The number of thiophene rings is 1. The number of aryl methyl sites for hydroxylation is 2. The summed E-state index contributed by atoms with van der Waals surface area (Å²) < 4.78 is 0. The van der Waals surface area contributed by atoms with Crippen LogP contribution in [0.25, 0.3) is 10.2 Å². The van der Waals surface area contributed by atoms with Crippen molar-refractivity contribution < 1.29 is 9.59 Å². The average molecular weight is 395 g/mol. The van der Waals surface area contributed by atoms with E-state index in [-0.39, 0.29) is 23.3 Å². The van der Waals surface area contributed by atoms with E-state index in [1.807, 2.05) is 13.8 Å². The van der Waals surface area contributed by atoms with Gasteiger partial charge in [0.25, 0.3) is 5.56 Å². The zero-order valence-corrected chi connectivity index (χ0v) is 16.4. The van der Waals surface area contributed by atoms with Gasteiger partial charge in [0.15, 0.2) is 0 Å². The van der Waals surface area contributed by atoms with E-state index in [2.05, 4.69) is 20.6 Å². The number of rotatable bonds is 5. The van der Waals surface area contributed by atoms with Gasteiger partial charge in [-0.3, -0.25) is 14.9 Å². The number of thioether (sulfide) groups is 1. The predicted molar refractivity (Wildman–Crippen MR) is 105 cm³/mol. The quantitative estimate of drug-likeness (QED) is 0.723. The van der Waals surface area contributed by atoms with Gasteiger partial charge in [-0.15, -0.1) is 23.1 Å². The van der Waals surface area contributed by atoms with E-state index in [9.17, 15) is 14.4 Å². The molecule has 3 amide bonds. The molecule has 140 valence electrons. The summed E-state index contributed by atoms with van der Waals surface area (Å²) in [6.07, 6.45) is 4.18. The van der Waals surface area contributed by atoms with Gasteiger partial charge in [0, 0.05) is 10.9 Å². The van der Waals surface area contributed by atoms with Gasteiger partial charge in [0.1, 0.15) is 10.7 Å². The molecule has 1 aliphatic carbocycles. The fourth-order valence-electron chi connectivity index (χ4n) is 3.06. The SMILES string of the molecule is Cc1sc2nc(CSCC(=O)NC(=O)NC3CCCC3)[nH]c(=O)c2c1C. The van der Waals surface area contributed by atoms with Crippen molar-refractivity contribution in [3.8, 4) is 0 Å². The smallest absolute Gasteiger partial charge is 0.321 e. The van der Waals surface area contributed by atoms with E-state index >= 15 is 0 Å². The molecule has 0 saturated heterocycles. The summed E-state index contributed by atoms with van der Waals surface area (Å²) in [5, 5.41) is 5.80. The van der Waals surface area contributed by atoms with Crippen molar-refractivity contribution in [3.63, 3.8) is 0 Å². The molecule has 0 aliphatic heterocycles. The van der Waals surface area contributed by atoms with Crippen LogP contribution in [-0.4, -0.2) is 33.7 Å². The molecule has 0 atom stereocenters. The monoisotopic (exact) mass is 394 g/mol. The molecule has 1 fully saturated rings. The van der Waals surface area contributed by atoms with Crippen LogP contribution in [0.4, 0.5) is 4.79 Å². The summed E-state index contributed by atoms with van der Waals surface area (Å²) in [6.45, 7) is 3.89. The highest BCUT2D eigenvalue weighted by Gasteiger charge is 2.18. The lowest BCUT2D eigenvalue weighted by Crippen LogP contribution is -2.44. The van der Waals surface area contributed by atoms with E-state index in [0.717, 1.165) is 41.0 Å². The Balaban J connectivity index is 1.49. The highest BCUT2D eigenvalue weighted by Crippen LogP contribution is 2.26. The third-order valence-corrected chi connectivity index (χ3v) is 6.55. The zero-order chi connectivity index (χ0) is 18.7. The van der Waals surface area contributed by atoms with Crippen molar-refractivity contribution in [2.24, 2.45) is 0 Å². The number of amides is 3. The molecule has 3 rings (SSSR count). The Morgan fingerprint density at radius 2 is 2.04 bits per heavy atom. The first kappa shape index (κ1) is 18.9. The van der Waals surface area contributed by atoms with Crippen LogP contribution < -0.4 is 16.2 Å². The number of hydrogen-bond donors (Lipinski definition) is 3. The lowest BCUT2D eigenvalue weighted by molar-refractivity contribution is -0.117. The van der Waals surface area contributed by atoms with Crippen LogP contribution in [0.1, 0.15) is 41.9 Å². The molecule has 9 heteroatoms. The minimum absolute atomic E-state index is 0.127. The van der Waals surface area contributed by atoms with Gasteiger partial charge in [0.2, 0.25) is 5.91 Å². The maximum absolute atomic E-state index is 12.2. The fourth-order valence-corrected chi connectivity index (χ4v) is 4.80. The Morgan fingerprint density at radius 1 is 1.31 bits per heavy atom. The number of carbonyl (C=O) groups is 2. The highest BCUT2D eigenvalue weighted by atomic mass is 32.2. The molecular formula is C17H22N4O3S2. The van der Waals surface area contributed by atoms with Crippen LogP contribution in [0.2, 0.25) is 0 Å². The number of hydrogen-bond acceptors (Lipinski definition) is 6.